The zero-order valence-electron chi connectivity index (χ0n) is 17.6. The smallest absolute Gasteiger partial charge is 0.328 e. The number of benzene rings is 1. The van der Waals surface area contributed by atoms with Crippen molar-refractivity contribution < 1.29 is 22.7 Å². The molecule has 1 saturated heterocycles. The van der Waals surface area contributed by atoms with E-state index in [0.29, 0.717) is 19.5 Å². The molecule has 1 aliphatic heterocycles. The molecule has 166 valence electrons. The van der Waals surface area contributed by atoms with Gasteiger partial charge in [0.15, 0.2) is 0 Å². The Morgan fingerprint density at radius 1 is 1.20 bits per heavy atom. The third-order valence-corrected chi connectivity index (χ3v) is 8.83. The molecule has 0 unspecified atom stereocenters. The number of hydrogen-bond acceptors (Lipinski definition) is 5. The summed E-state index contributed by atoms with van der Waals surface area (Å²) in [4.78, 5) is 27.4. The molecule has 1 aromatic carbocycles. The van der Waals surface area contributed by atoms with Gasteiger partial charge >= 0.3 is 5.97 Å². The van der Waals surface area contributed by atoms with Gasteiger partial charge in [0.1, 0.15) is 10.9 Å². The number of halogens is 1. The molecule has 3 rings (SSSR count). The Morgan fingerprint density at radius 3 is 2.50 bits per heavy atom. The minimum absolute atomic E-state index is 0.0335. The van der Waals surface area contributed by atoms with Crippen LogP contribution < -0.4 is 0 Å². The molecule has 30 heavy (non-hydrogen) atoms. The monoisotopic (exact) mass is 456 g/mol. The van der Waals surface area contributed by atoms with E-state index in [-0.39, 0.29) is 33.3 Å². The Labute approximate surface area is 183 Å². The lowest BCUT2D eigenvalue weighted by atomic mass is 9.84. The molecule has 9 heteroatoms. The summed E-state index contributed by atoms with van der Waals surface area (Å²) in [6.45, 7) is 4.10. The number of sulfonamides is 1. The molecule has 1 aromatic rings. The molecule has 2 aliphatic rings. The van der Waals surface area contributed by atoms with E-state index in [1.165, 1.54) is 29.6 Å². The van der Waals surface area contributed by atoms with Gasteiger partial charge in [0.25, 0.3) is 5.91 Å². The second-order valence-corrected chi connectivity index (χ2v) is 10.1. The van der Waals surface area contributed by atoms with E-state index in [0.717, 1.165) is 25.7 Å². The Balaban J connectivity index is 2.00. The van der Waals surface area contributed by atoms with Crippen LogP contribution in [-0.2, 0) is 19.6 Å². The van der Waals surface area contributed by atoms with Crippen LogP contribution in [-0.4, -0.2) is 61.8 Å². The zero-order valence-corrected chi connectivity index (χ0v) is 19.2. The van der Waals surface area contributed by atoms with Gasteiger partial charge < -0.3 is 9.64 Å². The van der Waals surface area contributed by atoms with E-state index < -0.39 is 22.0 Å². The van der Waals surface area contributed by atoms with Gasteiger partial charge in [-0.3, -0.25) is 4.79 Å². The van der Waals surface area contributed by atoms with Gasteiger partial charge in [-0.25, -0.2) is 13.2 Å². The second kappa shape index (κ2) is 9.24. The van der Waals surface area contributed by atoms with Crippen LogP contribution in [0.2, 0.25) is 5.02 Å². The second-order valence-electron chi connectivity index (χ2n) is 7.83. The standard InChI is InChI=1S/C21H29ClN2O5S/c1-4-23(5-2)30(27,28)19-13-15(10-11-16(19)22)20(25)24-17-9-7-6-8-14(17)12-18(24)21(26)29-3/h10-11,13-14,17-18H,4-9,12H2,1-3H3/t14-,17-,18-/m0/s1. The van der Waals surface area contributed by atoms with Crippen molar-refractivity contribution in [3.8, 4) is 0 Å². The topological polar surface area (TPSA) is 84.0 Å². The summed E-state index contributed by atoms with van der Waals surface area (Å²) >= 11 is 6.21. The number of likely N-dealkylation sites (tertiary alicyclic amines) is 1. The first kappa shape index (κ1) is 23.0. The molecule has 1 saturated carbocycles. The van der Waals surface area contributed by atoms with Crippen LogP contribution in [0.5, 0.6) is 0 Å². The first-order valence-electron chi connectivity index (χ1n) is 10.5. The third-order valence-electron chi connectivity index (χ3n) is 6.30. The van der Waals surface area contributed by atoms with E-state index >= 15 is 0 Å². The van der Waals surface area contributed by atoms with Gasteiger partial charge in [-0.15, -0.1) is 0 Å². The molecule has 1 heterocycles. The molecule has 2 fully saturated rings. The van der Waals surface area contributed by atoms with Crippen LogP contribution in [0, 0.1) is 5.92 Å². The molecule has 0 spiro atoms. The van der Waals surface area contributed by atoms with Gasteiger partial charge in [0, 0.05) is 24.7 Å². The number of hydrogen-bond donors (Lipinski definition) is 0. The third kappa shape index (κ3) is 4.09. The van der Waals surface area contributed by atoms with Crippen LogP contribution in [0.1, 0.15) is 56.3 Å². The summed E-state index contributed by atoms with van der Waals surface area (Å²) in [6.07, 6.45) is 4.48. The molecule has 0 radical (unpaired) electrons. The molecule has 1 aliphatic carbocycles. The first-order chi connectivity index (χ1) is 14.3. The van der Waals surface area contributed by atoms with Crippen LogP contribution in [0.25, 0.3) is 0 Å². The molecule has 3 atom stereocenters. The Bertz CT molecular complexity index is 916. The number of methoxy groups -OCH3 is 1. The summed E-state index contributed by atoms with van der Waals surface area (Å²) in [5.41, 5.74) is 0.213. The van der Waals surface area contributed by atoms with Crippen molar-refractivity contribution in [2.24, 2.45) is 5.92 Å². The van der Waals surface area contributed by atoms with Crippen LogP contribution in [0.15, 0.2) is 23.1 Å². The summed E-state index contributed by atoms with van der Waals surface area (Å²) in [7, 11) is -2.51. The van der Waals surface area contributed by atoms with Gasteiger partial charge in [0.05, 0.1) is 12.1 Å². The first-order valence-corrected chi connectivity index (χ1v) is 12.3. The average Bonchev–Trinajstić information content (AvgIpc) is 3.13. The largest absolute Gasteiger partial charge is 0.467 e. The molecule has 0 N–H and O–H groups in total. The highest BCUT2D eigenvalue weighted by molar-refractivity contribution is 7.89. The summed E-state index contributed by atoms with van der Waals surface area (Å²) in [5.74, 6) is -0.520. The van der Waals surface area contributed by atoms with Crippen molar-refractivity contribution in [1.29, 1.82) is 0 Å². The molecule has 0 bridgehead atoms. The lowest BCUT2D eigenvalue weighted by Crippen LogP contribution is -2.46. The zero-order chi connectivity index (χ0) is 22.1. The van der Waals surface area contributed by atoms with E-state index in [9.17, 15) is 18.0 Å². The van der Waals surface area contributed by atoms with E-state index in [1.807, 2.05) is 0 Å². The minimum Gasteiger partial charge on any atom is -0.467 e. The Hall–Kier alpha value is -1.64. The fourth-order valence-electron chi connectivity index (χ4n) is 4.78. The van der Waals surface area contributed by atoms with Crippen molar-refractivity contribution in [3.63, 3.8) is 0 Å². The van der Waals surface area contributed by atoms with Crippen molar-refractivity contribution in [2.75, 3.05) is 20.2 Å². The highest BCUT2D eigenvalue weighted by Crippen LogP contribution is 2.41. The Morgan fingerprint density at radius 2 is 1.87 bits per heavy atom. The average molecular weight is 457 g/mol. The van der Waals surface area contributed by atoms with Crippen molar-refractivity contribution in [3.05, 3.63) is 28.8 Å². The lowest BCUT2D eigenvalue weighted by molar-refractivity contribution is -0.145. The highest BCUT2D eigenvalue weighted by atomic mass is 35.5. The van der Waals surface area contributed by atoms with Crippen LogP contribution in [0.3, 0.4) is 0 Å². The number of nitrogens with zero attached hydrogens (tertiary/aromatic N) is 2. The highest BCUT2D eigenvalue weighted by Gasteiger charge is 2.48. The number of carbonyl (C=O) groups is 2. The summed E-state index contributed by atoms with van der Waals surface area (Å²) in [5, 5.41) is 0.0694. The van der Waals surface area contributed by atoms with E-state index in [4.69, 9.17) is 16.3 Å². The van der Waals surface area contributed by atoms with Gasteiger partial charge in [-0.05, 0) is 43.4 Å². The SMILES string of the molecule is CCN(CC)S(=O)(=O)c1cc(C(=O)N2[C@H](C(=O)OC)C[C@@H]3CCCC[C@@H]32)ccc1Cl. The number of ether oxygens (including phenoxy) is 1. The molecule has 1 amide bonds. The number of amides is 1. The predicted molar refractivity (Wildman–Crippen MR) is 114 cm³/mol. The van der Waals surface area contributed by atoms with Gasteiger partial charge in [-0.1, -0.05) is 38.3 Å². The van der Waals surface area contributed by atoms with Crippen LogP contribution in [0.4, 0.5) is 0 Å². The molecule has 0 aromatic heterocycles. The predicted octanol–water partition coefficient (Wildman–Crippen LogP) is 3.32. The summed E-state index contributed by atoms with van der Waals surface area (Å²) in [6, 6.07) is 3.62. The number of carbonyl (C=O) groups excluding carboxylic acids is 2. The fraction of sp³-hybridized carbons (Fsp3) is 0.619. The number of fused-ring (bicyclic) bond motifs is 1. The Kier molecular flexibility index (Phi) is 7.09. The maximum absolute atomic E-state index is 13.5. The molecular weight excluding hydrogens is 428 g/mol. The lowest BCUT2D eigenvalue weighted by Gasteiger charge is -2.33. The number of esters is 1. The van der Waals surface area contributed by atoms with Gasteiger partial charge in [0.2, 0.25) is 10.0 Å². The van der Waals surface area contributed by atoms with Crippen molar-refractivity contribution in [1.82, 2.24) is 9.21 Å². The van der Waals surface area contributed by atoms with Crippen LogP contribution >= 0.6 is 11.6 Å². The van der Waals surface area contributed by atoms with E-state index in [2.05, 4.69) is 0 Å². The quantitative estimate of drug-likeness (QED) is 0.613. The van der Waals surface area contributed by atoms with Gasteiger partial charge in [-0.2, -0.15) is 4.31 Å². The maximum atomic E-state index is 13.5. The molecular formula is C21H29ClN2O5S. The normalized spacial score (nSPS) is 24.0. The van der Waals surface area contributed by atoms with Crippen molar-refractivity contribution >= 4 is 33.5 Å². The van der Waals surface area contributed by atoms with E-state index in [1.54, 1.807) is 18.7 Å². The number of rotatable bonds is 6. The fourth-order valence-corrected chi connectivity index (χ4v) is 6.74. The van der Waals surface area contributed by atoms with Crippen molar-refractivity contribution in [2.45, 2.75) is 62.9 Å². The molecule has 7 nitrogen and oxygen atoms in total. The maximum Gasteiger partial charge on any atom is 0.328 e. The summed E-state index contributed by atoms with van der Waals surface area (Å²) < 4.78 is 32.3. The minimum atomic E-state index is -3.83.